The van der Waals surface area contributed by atoms with E-state index < -0.39 is 0 Å². The maximum atomic E-state index is 8.83. The quantitative estimate of drug-likeness (QED) is 0.667. The summed E-state index contributed by atoms with van der Waals surface area (Å²) < 4.78 is 8.83. The summed E-state index contributed by atoms with van der Waals surface area (Å²) in [6.45, 7) is 1.97. The molecule has 0 saturated carbocycles. The van der Waals surface area contributed by atoms with Gasteiger partial charge in [0, 0.05) is 29.7 Å². The molecule has 0 atom stereocenters. The molecule has 1 rings (SSSR count). The molecular formula is C8H11NOS. The van der Waals surface area contributed by atoms with Gasteiger partial charge < -0.3 is 9.87 Å². The van der Waals surface area contributed by atoms with Crippen molar-refractivity contribution in [3.8, 4) is 0 Å². The number of hydrogen-bond donors (Lipinski definition) is 2. The van der Waals surface area contributed by atoms with E-state index in [2.05, 4.69) is 5.32 Å². The van der Waals surface area contributed by atoms with E-state index >= 15 is 0 Å². The molecule has 0 radical (unpaired) electrons. The number of aryl methyl sites for hydroxylation is 1. The highest BCUT2D eigenvalue weighted by molar-refractivity contribution is 7.93. The van der Waals surface area contributed by atoms with Gasteiger partial charge in [0.2, 0.25) is 0 Å². The van der Waals surface area contributed by atoms with Crippen molar-refractivity contribution in [1.29, 1.82) is 0 Å². The zero-order valence-electron chi connectivity index (χ0n) is 6.59. The molecule has 60 valence electrons. The zero-order chi connectivity index (χ0) is 8.27. The van der Waals surface area contributed by atoms with Crippen LogP contribution in [-0.2, 0) is 0 Å². The van der Waals surface area contributed by atoms with Crippen molar-refractivity contribution in [2.75, 3.05) is 12.4 Å². The van der Waals surface area contributed by atoms with Crippen LogP contribution >= 0.6 is 12.0 Å². The van der Waals surface area contributed by atoms with Crippen LogP contribution in [-0.4, -0.2) is 11.6 Å². The van der Waals surface area contributed by atoms with Gasteiger partial charge in [-0.05, 0) is 24.6 Å². The van der Waals surface area contributed by atoms with Gasteiger partial charge in [-0.3, -0.25) is 0 Å². The molecule has 2 N–H and O–H groups in total. The Morgan fingerprint density at radius 1 is 1.45 bits per heavy atom. The SMILES string of the molecule is CNc1ccc(C)c(SO)c1. The van der Waals surface area contributed by atoms with Gasteiger partial charge in [0.25, 0.3) is 0 Å². The van der Waals surface area contributed by atoms with Crippen molar-refractivity contribution < 1.29 is 4.55 Å². The van der Waals surface area contributed by atoms with E-state index in [1.807, 2.05) is 32.2 Å². The summed E-state index contributed by atoms with van der Waals surface area (Å²) in [4.78, 5) is 0.900. The average molecular weight is 169 g/mol. The maximum Gasteiger partial charge on any atom is 0.0400 e. The third kappa shape index (κ3) is 1.88. The van der Waals surface area contributed by atoms with E-state index in [0.717, 1.165) is 28.2 Å². The lowest BCUT2D eigenvalue weighted by Crippen LogP contribution is -1.88. The van der Waals surface area contributed by atoms with E-state index in [9.17, 15) is 0 Å². The fourth-order valence-corrected chi connectivity index (χ4v) is 1.25. The lowest BCUT2D eigenvalue weighted by molar-refractivity contribution is 0.663. The molecule has 0 unspecified atom stereocenters. The molecule has 0 bridgehead atoms. The monoisotopic (exact) mass is 169 g/mol. The van der Waals surface area contributed by atoms with Gasteiger partial charge in [0.15, 0.2) is 0 Å². The summed E-state index contributed by atoms with van der Waals surface area (Å²) in [5.41, 5.74) is 2.11. The molecule has 0 amide bonds. The van der Waals surface area contributed by atoms with Gasteiger partial charge in [0.05, 0.1) is 0 Å². The Labute approximate surface area is 70.8 Å². The van der Waals surface area contributed by atoms with E-state index in [1.165, 1.54) is 0 Å². The van der Waals surface area contributed by atoms with Crippen LogP contribution in [0.5, 0.6) is 0 Å². The molecule has 11 heavy (non-hydrogen) atoms. The normalized spacial score (nSPS) is 9.73. The molecular weight excluding hydrogens is 158 g/mol. The first-order chi connectivity index (χ1) is 5.27. The summed E-state index contributed by atoms with van der Waals surface area (Å²) >= 11 is 0.785. The minimum atomic E-state index is 0.785. The largest absolute Gasteiger partial charge is 0.388 e. The first-order valence-electron chi connectivity index (χ1n) is 3.37. The third-order valence-electron chi connectivity index (χ3n) is 1.58. The Balaban J connectivity index is 3.02. The van der Waals surface area contributed by atoms with Crippen LogP contribution in [0.2, 0.25) is 0 Å². The van der Waals surface area contributed by atoms with Crippen LogP contribution in [0.15, 0.2) is 23.1 Å². The summed E-state index contributed by atoms with van der Waals surface area (Å²) in [7, 11) is 1.86. The smallest absolute Gasteiger partial charge is 0.0400 e. The van der Waals surface area contributed by atoms with Gasteiger partial charge in [-0.15, -0.1) is 0 Å². The zero-order valence-corrected chi connectivity index (χ0v) is 7.40. The maximum absolute atomic E-state index is 8.83. The van der Waals surface area contributed by atoms with E-state index in [1.54, 1.807) is 0 Å². The molecule has 0 aromatic heterocycles. The van der Waals surface area contributed by atoms with Crippen molar-refractivity contribution in [2.45, 2.75) is 11.8 Å². The highest BCUT2D eigenvalue weighted by Gasteiger charge is 1.97. The first-order valence-corrected chi connectivity index (χ1v) is 4.15. The fourth-order valence-electron chi connectivity index (χ4n) is 0.854. The number of nitrogens with one attached hydrogen (secondary N) is 1. The number of rotatable bonds is 2. The van der Waals surface area contributed by atoms with Crippen LogP contribution < -0.4 is 5.32 Å². The van der Waals surface area contributed by atoms with E-state index in [-0.39, 0.29) is 0 Å². The predicted molar refractivity (Wildman–Crippen MR) is 49.2 cm³/mol. The van der Waals surface area contributed by atoms with Crippen molar-refractivity contribution >= 4 is 17.7 Å². The molecule has 0 aliphatic carbocycles. The minimum absolute atomic E-state index is 0.785. The molecule has 0 aliphatic heterocycles. The molecule has 0 fully saturated rings. The van der Waals surface area contributed by atoms with Gasteiger partial charge in [0.1, 0.15) is 0 Å². The highest BCUT2D eigenvalue weighted by atomic mass is 32.2. The van der Waals surface area contributed by atoms with Gasteiger partial charge in [-0.1, -0.05) is 6.07 Å². The minimum Gasteiger partial charge on any atom is -0.388 e. The molecule has 0 heterocycles. The summed E-state index contributed by atoms with van der Waals surface area (Å²) in [5.74, 6) is 0. The summed E-state index contributed by atoms with van der Waals surface area (Å²) in [5, 5.41) is 3.00. The highest BCUT2D eigenvalue weighted by Crippen LogP contribution is 2.22. The van der Waals surface area contributed by atoms with E-state index in [4.69, 9.17) is 4.55 Å². The third-order valence-corrected chi connectivity index (χ3v) is 2.21. The Kier molecular flexibility index (Phi) is 2.79. The molecule has 0 aliphatic rings. The number of hydrogen-bond acceptors (Lipinski definition) is 3. The molecule has 1 aromatic carbocycles. The second kappa shape index (κ2) is 3.64. The van der Waals surface area contributed by atoms with Gasteiger partial charge >= 0.3 is 0 Å². The van der Waals surface area contributed by atoms with Crippen LogP contribution in [0.1, 0.15) is 5.56 Å². The van der Waals surface area contributed by atoms with Gasteiger partial charge in [-0.25, -0.2) is 0 Å². The Morgan fingerprint density at radius 3 is 2.73 bits per heavy atom. The van der Waals surface area contributed by atoms with Crippen molar-refractivity contribution in [3.05, 3.63) is 23.8 Å². The Hall–Kier alpha value is -0.670. The van der Waals surface area contributed by atoms with Crippen LogP contribution in [0.4, 0.5) is 5.69 Å². The van der Waals surface area contributed by atoms with Crippen molar-refractivity contribution in [2.24, 2.45) is 0 Å². The van der Waals surface area contributed by atoms with Crippen LogP contribution in [0.25, 0.3) is 0 Å². The van der Waals surface area contributed by atoms with E-state index in [0.29, 0.717) is 0 Å². The summed E-state index contributed by atoms with van der Waals surface area (Å²) in [6, 6.07) is 5.87. The first kappa shape index (κ1) is 8.43. The van der Waals surface area contributed by atoms with Crippen LogP contribution in [0.3, 0.4) is 0 Å². The second-order valence-corrected chi connectivity index (χ2v) is 2.94. The lowest BCUT2D eigenvalue weighted by Gasteiger charge is -2.03. The topological polar surface area (TPSA) is 32.3 Å². The Morgan fingerprint density at radius 2 is 2.18 bits per heavy atom. The molecule has 1 aromatic rings. The lowest BCUT2D eigenvalue weighted by atomic mass is 10.2. The Bertz CT molecular complexity index is 250. The van der Waals surface area contributed by atoms with Crippen molar-refractivity contribution in [1.82, 2.24) is 0 Å². The fraction of sp³-hybridized carbons (Fsp3) is 0.250. The van der Waals surface area contributed by atoms with Crippen LogP contribution in [0, 0.1) is 6.92 Å². The van der Waals surface area contributed by atoms with Crippen molar-refractivity contribution in [3.63, 3.8) is 0 Å². The summed E-state index contributed by atoms with van der Waals surface area (Å²) in [6.07, 6.45) is 0. The predicted octanol–water partition coefficient (Wildman–Crippen LogP) is 2.60. The average Bonchev–Trinajstić information content (AvgIpc) is 2.05. The molecule has 3 heteroatoms. The number of anilines is 1. The van der Waals surface area contributed by atoms with Gasteiger partial charge in [-0.2, -0.15) is 0 Å². The number of benzene rings is 1. The molecule has 0 spiro atoms. The standard InChI is InChI=1S/C8H11NOS/c1-6-3-4-7(9-2)5-8(6)11-10/h3-5,9-10H,1-2H3. The molecule has 2 nitrogen and oxygen atoms in total. The second-order valence-electron chi connectivity index (χ2n) is 2.32. The molecule has 0 saturated heterocycles.